The summed E-state index contributed by atoms with van der Waals surface area (Å²) in [5.41, 5.74) is 0.123. The van der Waals surface area contributed by atoms with Crippen molar-refractivity contribution in [1.29, 1.82) is 0 Å². The Morgan fingerprint density at radius 2 is 1.80 bits per heavy atom. The number of rotatable bonds is 6. The average molecular weight is 323 g/mol. The molecule has 0 bridgehead atoms. The molecule has 0 heterocycles. The second-order valence-electron chi connectivity index (χ2n) is 3.98. The number of benzene rings is 1. The fourth-order valence-corrected chi connectivity index (χ4v) is 1.98. The number of urea groups is 1. The van der Waals surface area contributed by atoms with Gasteiger partial charge < -0.3 is 15.7 Å². The van der Waals surface area contributed by atoms with Crippen LogP contribution in [0.3, 0.4) is 0 Å². The molecule has 2 amide bonds. The van der Waals surface area contributed by atoms with Crippen LogP contribution in [0.2, 0.25) is 10.0 Å². The van der Waals surface area contributed by atoms with Gasteiger partial charge in [-0.1, -0.05) is 23.2 Å². The van der Waals surface area contributed by atoms with Crippen LogP contribution < -0.4 is 10.6 Å². The highest BCUT2D eigenvalue weighted by atomic mass is 35.5. The highest BCUT2D eigenvalue weighted by molar-refractivity contribution is 6.39. The summed E-state index contributed by atoms with van der Waals surface area (Å²) in [6, 6.07) is 1.53. The van der Waals surface area contributed by atoms with Gasteiger partial charge in [0.2, 0.25) is 0 Å². The maximum atomic E-state index is 13.0. The summed E-state index contributed by atoms with van der Waals surface area (Å²) in [5, 5.41) is 13.4. The Balaban J connectivity index is 2.41. The maximum Gasteiger partial charge on any atom is 0.319 e. The monoisotopic (exact) mass is 322 g/mol. The van der Waals surface area contributed by atoms with E-state index >= 15 is 0 Å². The third-order valence-corrected chi connectivity index (χ3v) is 2.94. The highest BCUT2D eigenvalue weighted by Crippen LogP contribution is 2.31. The molecule has 5 nitrogen and oxygen atoms in total. The number of anilines is 1. The molecule has 1 aromatic carbocycles. The zero-order valence-corrected chi connectivity index (χ0v) is 11.9. The second-order valence-corrected chi connectivity index (χ2v) is 4.79. The topological polar surface area (TPSA) is 78.4 Å². The largest absolute Gasteiger partial charge is 0.481 e. The molecule has 0 atom stereocenters. The van der Waals surface area contributed by atoms with E-state index in [4.69, 9.17) is 28.3 Å². The van der Waals surface area contributed by atoms with Crippen LogP contribution in [0.15, 0.2) is 12.1 Å². The number of carbonyl (C=O) groups is 2. The van der Waals surface area contributed by atoms with Gasteiger partial charge in [0.25, 0.3) is 0 Å². The number of aliphatic carboxylic acids is 1. The standard InChI is InChI=1S/C12H13Cl2FN2O3/c13-8-5-7(15)6-9(14)11(8)17-12(20)16-4-2-1-3-10(18)19/h5-6H,1-4H2,(H,18,19)(H2,16,17,20). The Labute approximate surface area is 125 Å². The molecular formula is C12H13Cl2FN2O3. The molecule has 3 N–H and O–H groups in total. The molecule has 0 radical (unpaired) electrons. The van der Waals surface area contributed by atoms with Crippen molar-refractivity contribution in [1.82, 2.24) is 5.32 Å². The lowest BCUT2D eigenvalue weighted by Crippen LogP contribution is -2.29. The molecule has 0 saturated carbocycles. The molecule has 0 aromatic heterocycles. The van der Waals surface area contributed by atoms with Crippen molar-refractivity contribution in [2.24, 2.45) is 0 Å². The number of carboxylic acids is 1. The first kappa shape index (κ1) is 16.5. The minimum Gasteiger partial charge on any atom is -0.481 e. The lowest BCUT2D eigenvalue weighted by atomic mass is 10.2. The minimum atomic E-state index is -0.876. The van der Waals surface area contributed by atoms with Crippen LogP contribution in [0.4, 0.5) is 14.9 Å². The van der Waals surface area contributed by atoms with E-state index in [9.17, 15) is 14.0 Å². The van der Waals surface area contributed by atoms with Gasteiger partial charge in [-0.25, -0.2) is 9.18 Å². The van der Waals surface area contributed by atoms with Crippen LogP contribution in [0.25, 0.3) is 0 Å². The van der Waals surface area contributed by atoms with E-state index < -0.39 is 17.8 Å². The molecule has 0 aliphatic heterocycles. The molecular weight excluding hydrogens is 310 g/mol. The minimum absolute atomic E-state index is 0.00368. The van der Waals surface area contributed by atoms with Gasteiger partial charge in [-0.05, 0) is 25.0 Å². The highest BCUT2D eigenvalue weighted by Gasteiger charge is 2.11. The van der Waals surface area contributed by atoms with E-state index in [2.05, 4.69) is 10.6 Å². The number of hydrogen-bond donors (Lipinski definition) is 3. The van der Waals surface area contributed by atoms with Crippen LogP contribution in [0.5, 0.6) is 0 Å². The first-order chi connectivity index (χ1) is 9.40. The van der Waals surface area contributed by atoms with Crippen molar-refractivity contribution in [3.8, 4) is 0 Å². The number of carboxylic acid groups (broad SMARTS) is 1. The lowest BCUT2D eigenvalue weighted by Gasteiger charge is -2.10. The van der Waals surface area contributed by atoms with Crippen LogP contribution in [-0.4, -0.2) is 23.7 Å². The Morgan fingerprint density at radius 3 is 2.35 bits per heavy atom. The number of unbranched alkanes of at least 4 members (excludes halogenated alkanes) is 1. The Morgan fingerprint density at radius 1 is 1.20 bits per heavy atom. The molecule has 0 aliphatic rings. The molecule has 110 valence electrons. The Hall–Kier alpha value is -1.53. The summed E-state index contributed by atoms with van der Waals surface area (Å²) in [7, 11) is 0. The summed E-state index contributed by atoms with van der Waals surface area (Å²) in [6.45, 7) is 0.315. The van der Waals surface area contributed by atoms with Gasteiger partial charge in [0.15, 0.2) is 0 Å². The summed E-state index contributed by atoms with van der Waals surface area (Å²) in [4.78, 5) is 21.8. The van der Waals surface area contributed by atoms with Gasteiger partial charge in [-0.2, -0.15) is 0 Å². The SMILES string of the molecule is O=C(O)CCCCNC(=O)Nc1c(Cl)cc(F)cc1Cl. The van der Waals surface area contributed by atoms with Gasteiger partial charge in [-0.15, -0.1) is 0 Å². The van der Waals surface area contributed by atoms with Crippen LogP contribution in [-0.2, 0) is 4.79 Å². The third-order valence-electron chi connectivity index (χ3n) is 2.35. The van der Waals surface area contributed by atoms with Crippen molar-refractivity contribution in [2.75, 3.05) is 11.9 Å². The molecule has 1 aromatic rings. The number of halogens is 3. The fraction of sp³-hybridized carbons (Fsp3) is 0.333. The first-order valence-electron chi connectivity index (χ1n) is 5.81. The third kappa shape index (κ3) is 5.63. The van der Waals surface area contributed by atoms with Gasteiger partial charge in [0.05, 0.1) is 15.7 Å². The predicted octanol–water partition coefficient (Wildman–Crippen LogP) is 3.51. The molecule has 8 heteroatoms. The molecule has 0 aliphatic carbocycles. The van der Waals surface area contributed by atoms with E-state index in [0.717, 1.165) is 12.1 Å². The summed E-state index contributed by atoms with van der Waals surface area (Å²) in [5.74, 6) is -1.47. The number of amides is 2. The number of carbonyl (C=O) groups excluding carboxylic acids is 1. The van der Waals surface area contributed by atoms with Gasteiger partial charge in [0, 0.05) is 13.0 Å². The second kappa shape index (κ2) is 7.91. The van der Waals surface area contributed by atoms with Crippen molar-refractivity contribution < 1.29 is 19.1 Å². The predicted molar refractivity (Wildman–Crippen MR) is 74.9 cm³/mol. The van der Waals surface area contributed by atoms with Gasteiger partial charge in [0.1, 0.15) is 5.82 Å². The number of hydrogen-bond acceptors (Lipinski definition) is 2. The van der Waals surface area contributed by atoms with Crippen LogP contribution in [0, 0.1) is 5.82 Å². The van der Waals surface area contributed by atoms with Crippen molar-refractivity contribution in [3.05, 3.63) is 28.0 Å². The van der Waals surface area contributed by atoms with E-state index in [1.54, 1.807) is 0 Å². The van der Waals surface area contributed by atoms with Gasteiger partial charge >= 0.3 is 12.0 Å². The zero-order chi connectivity index (χ0) is 15.1. The fourth-order valence-electron chi connectivity index (χ4n) is 1.42. The molecule has 20 heavy (non-hydrogen) atoms. The van der Waals surface area contributed by atoms with E-state index in [-0.39, 0.29) is 22.2 Å². The summed E-state index contributed by atoms with van der Waals surface area (Å²) < 4.78 is 13.0. The lowest BCUT2D eigenvalue weighted by molar-refractivity contribution is -0.137. The van der Waals surface area contributed by atoms with E-state index in [0.29, 0.717) is 19.4 Å². The molecule has 0 saturated heterocycles. The molecule has 0 unspecified atom stereocenters. The quantitative estimate of drug-likeness (QED) is 0.701. The normalized spacial score (nSPS) is 10.2. The Bertz CT molecular complexity index is 488. The van der Waals surface area contributed by atoms with Crippen molar-refractivity contribution in [2.45, 2.75) is 19.3 Å². The van der Waals surface area contributed by atoms with E-state index in [1.165, 1.54) is 0 Å². The van der Waals surface area contributed by atoms with Crippen molar-refractivity contribution >= 4 is 40.9 Å². The average Bonchev–Trinajstić information content (AvgIpc) is 2.33. The zero-order valence-electron chi connectivity index (χ0n) is 10.4. The van der Waals surface area contributed by atoms with Gasteiger partial charge in [-0.3, -0.25) is 4.79 Å². The van der Waals surface area contributed by atoms with E-state index in [1.807, 2.05) is 0 Å². The van der Waals surface area contributed by atoms with Crippen molar-refractivity contribution in [3.63, 3.8) is 0 Å². The first-order valence-corrected chi connectivity index (χ1v) is 6.57. The maximum absolute atomic E-state index is 13.0. The van der Waals surface area contributed by atoms with Crippen LogP contribution in [0.1, 0.15) is 19.3 Å². The summed E-state index contributed by atoms with van der Waals surface area (Å²) >= 11 is 11.5. The molecule has 0 spiro atoms. The smallest absolute Gasteiger partial charge is 0.319 e. The molecule has 1 rings (SSSR count). The molecule has 0 fully saturated rings. The number of nitrogens with one attached hydrogen (secondary N) is 2. The van der Waals surface area contributed by atoms with Crippen LogP contribution >= 0.6 is 23.2 Å². The Kier molecular flexibility index (Phi) is 6.54. The summed E-state index contributed by atoms with van der Waals surface area (Å²) in [6.07, 6.45) is 1.05.